The number of carbonyl (C=O) groups excluding carboxylic acids is 1. The van der Waals surface area contributed by atoms with Gasteiger partial charge in [0, 0.05) is 10.9 Å². The van der Waals surface area contributed by atoms with Crippen LogP contribution in [0.3, 0.4) is 0 Å². The number of aromatic amines is 1. The maximum atomic E-state index is 11.4. The monoisotopic (exact) mass is 209 g/mol. The number of thiophene rings is 1. The summed E-state index contributed by atoms with van der Waals surface area (Å²) in [5, 5.41) is 19.4. The topological polar surface area (TPSA) is 83.6 Å². The number of nitrogens with zero attached hydrogens (tertiary/aromatic N) is 3. The Morgan fingerprint density at radius 3 is 3.21 bits per heavy atom. The third-order valence-electron chi connectivity index (χ3n) is 1.58. The minimum atomic E-state index is -0.129. The van der Waals surface area contributed by atoms with Crippen LogP contribution in [0.5, 0.6) is 0 Å². The highest BCUT2D eigenvalue weighted by molar-refractivity contribution is 7.08. The van der Waals surface area contributed by atoms with Crippen LogP contribution >= 0.6 is 11.3 Å². The molecule has 2 aromatic rings. The van der Waals surface area contributed by atoms with Crippen LogP contribution in [0.25, 0.3) is 0 Å². The standard InChI is InChI=1S/C7H7N5OS/c13-7(5-1-2-14-4-5)8-3-6-9-11-12-10-6/h1-2,4H,3H2,(H,8,13)(H,9,10,11,12). The maximum absolute atomic E-state index is 11.4. The summed E-state index contributed by atoms with van der Waals surface area (Å²) in [5.41, 5.74) is 0.651. The van der Waals surface area contributed by atoms with Gasteiger partial charge >= 0.3 is 0 Å². The van der Waals surface area contributed by atoms with Gasteiger partial charge < -0.3 is 5.32 Å². The minimum Gasteiger partial charge on any atom is -0.345 e. The van der Waals surface area contributed by atoms with Crippen LogP contribution in [0.4, 0.5) is 0 Å². The summed E-state index contributed by atoms with van der Waals surface area (Å²) in [5.74, 6) is 0.338. The van der Waals surface area contributed by atoms with Gasteiger partial charge in [-0.2, -0.15) is 16.6 Å². The summed E-state index contributed by atoms with van der Waals surface area (Å²) in [6.45, 7) is 0.283. The molecule has 1 amide bonds. The van der Waals surface area contributed by atoms with E-state index in [0.717, 1.165) is 0 Å². The van der Waals surface area contributed by atoms with Crippen LogP contribution < -0.4 is 5.32 Å². The largest absolute Gasteiger partial charge is 0.345 e. The second-order valence-corrected chi connectivity index (χ2v) is 3.30. The molecule has 0 bridgehead atoms. The number of amides is 1. The van der Waals surface area contributed by atoms with E-state index in [0.29, 0.717) is 11.4 Å². The number of carbonyl (C=O) groups is 1. The van der Waals surface area contributed by atoms with Gasteiger partial charge in [-0.3, -0.25) is 4.79 Å². The van der Waals surface area contributed by atoms with Gasteiger partial charge in [-0.15, -0.1) is 10.2 Å². The normalized spacial score (nSPS) is 10.0. The highest BCUT2D eigenvalue weighted by Crippen LogP contribution is 2.05. The van der Waals surface area contributed by atoms with Gasteiger partial charge in [-0.1, -0.05) is 5.21 Å². The van der Waals surface area contributed by atoms with Crippen LogP contribution in [-0.2, 0) is 6.54 Å². The summed E-state index contributed by atoms with van der Waals surface area (Å²) in [6, 6.07) is 1.76. The molecule has 7 heteroatoms. The van der Waals surface area contributed by atoms with E-state index in [1.165, 1.54) is 11.3 Å². The minimum absolute atomic E-state index is 0.129. The fourth-order valence-electron chi connectivity index (χ4n) is 0.912. The lowest BCUT2D eigenvalue weighted by Gasteiger charge is -1.98. The van der Waals surface area contributed by atoms with Gasteiger partial charge in [-0.25, -0.2) is 0 Å². The lowest BCUT2D eigenvalue weighted by molar-refractivity contribution is 0.0950. The summed E-state index contributed by atoms with van der Waals surface area (Å²) < 4.78 is 0. The summed E-state index contributed by atoms with van der Waals surface area (Å²) in [4.78, 5) is 11.4. The quantitative estimate of drug-likeness (QED) is 0.755. The highest BCUT2D eigenvalue weighted by Gasteiger charge is 2.06. The Balaban J connectivity index is 1.90. The summed E-state index contributed by atoms with van der Waals surface area (Å²) in [6.07, 6.45) is 0. The molecule has 2 rings (SSSR count). The van der Waals surface area contributed by atoms with Crippen molar-refractivity contribution < 1.29 is 4.79 Å². The molecular formula is C7H7N5OS. The molecule has 0 atom stereocenters. The van der Waals surface area contributed by atoms with Crippen LogP contribution in [0.2, 0.25) is 0 Å². The van der Waals surface area contributed by atoms with Gasteiger partial charge in [-0.05, 0) is 11.4 Å². The maximum Gasteiger partial charge on any atom is 0.252 e. The molecule has 14 heavy (non-hydrogen) atoms. The van der Waals surface area contributed by atoms with E-state index < -0.39 is 0 Å². The number of tetrazole rings is 1. The fraction of sp³-hybridized carbons (Fsp3) is 0.143. The van der Waals surface area contributed by atoms with Crippen molar-refractivity contribution in [2.75, 3.05) is 0 Å². The smallest absolute Gasteiger partial charge is 0.252 e. The Morgan fingerprint density at radius 1 is 1.64 bits per heavy atom. The SMILES string of the molecule is O=C(NCc1nn[nH]n1)c1ccsc1. The fourth-order valence-corrected chi connectivity index (χ4v) is 1.55. The first-order valence-corrected chi connectivity index (χ1v) is 4.83. The molecule has 6 nitrogen and oxygen atoms in total. The molecule has 2 heterocycles. The first-order chi connectivity index (χ1) is 6.86. The van der Waals surface area contributed by atoms with E-state index in [-0.39, 0.29) is 12.5 Å². The van der Waals surface area contributed by atoms with Gasteiger partial charge in [0.05, 0.1) is 6.54 Å². The molecule has 0 aliphatic carbocycles. The first-order valence-electron chi connectivity index (χ1n) is 3.89. The zero-order valence-corrected chi connectivity index (χ0v) is 7.91. The zero-order valence-electron chi connectivity index (χ0n) is 7.10. The van der Waals surface area contributed by atoms with E-state index in [2.05, 4.69) is 25.9 Å². The van der Waals surface area contributed by atoms with E-state index in [1.807, 2.05) is 5.38 Å². The number of nitrogens with one attached hydrogen (secondary N) is 2. The van der Waals surface area contributed by atoms with Crippen molar-refractivity contribution >= 4 is 17.2 Å². The Kier molecular flexibility index (Phi) is 2.50. The second kappa shape index (κ2) is 3.97. The molecule has 0 radical (unpaired) electrons. The zero-order chi connectivity index (χ0) is 9.80. The van der Waals surface area contributed by atoms with Crippen LogP contribution in [0.1, 0.15) is 16.2 Å². The van der Waals surface area contributed by atoms with Gasteiger partial charge in [0.25, 0.3) is 5.91 Å². The molecule has 72 valence electrons. The van der Waals surface area contributed by atoms with Crippen LogP contribution in [0, 0.1) is 0 Å². The van der Waals surface area contributed by atoms with Crippen molar-refractivity contribution in [3.63, 3.8) is 0 Å². The molecule has 0 aromatic carbocycles. The molecule has 0 aliphatic rings. The molecule has 0 fully saturated rings. The first kappa shape index (κ1) is 8.82. The molecule has 2 aromatic heterocycles. The molecule has 0 aliphatic heterocycles. The number of rotatable bonds is 3. The Morgan fingerprint density at radius 2 is 2.57 bits per heavy atom. The van der Waals surface area contributed by atoms with Crippen molar-refractivity contribution in [1.29, 1.82) is 0 Å². The van der Waals surface area contributed by atoms with Crippen molar-refractivity contribution in [1.82, 2.24) is 25.9 Å². The number of hydrogen-bond donors (Lipinski definition) is 2. The predicted molar refractivity (Wildman–Crippen MR) is 49.7 cm³/mol. The van der Waals surface area contributed by atoms with E-state index in [9.17, 15) is 4.79 Å². The lowest BCUT2D eigenvalue weighted by Crippen LogP contribution is -2.22. The number of hydrogen-bond acceptors (Lipinski definition) is 5. The van der Waals surface area contributed by atoms with Crippen molar-refractivity contribution in [3.8, 4) is 0 Å². The van der Waals surface area contributed by atoms with Crippen molar-refractivity contribution in [3.05, 3.63) is 28.2 Å². The summed E-state index contributed by atoms with van der Waals surface area (Å²) in [7, 11) is 0. The lowest BCUT2D eigenvalue weighted by atomic mass is 10.3. The van der Waals surface area contributed by atoms with Gasteiger partial charge in [0.2, 0.25) is 0 Å². The van der Waals surface area contributed by atoms with E-state index in [4.69, 9.17) is 0 Å². The molecule has 0 spiro atoms. The van der Waals surface area contributed by atoms with Gasteiger partial charge in [0.1, 0.15) is 0 Å². The molecule has 0 unspecified atom stereocenters. The van der Waals surface area contributed by atoms with Gasteiger partial charge in [0.15, 0.2) is 5.82 Å². The second-order valence-electron chi connectivity index (χ2n) is 2.52. The molecule has 0 saturated heterocycles. The Labute approximate surface area is 83.3 Å². The Bertz CT molecular complexity index is 396. The Hall–Kier alpha value is -1.76. The van der Waals surface area contributed by atoms with E-state index >= 15 is 0 Å². The number of H-pyrrole nitrogens is 1. The number of aromatic nitrogens is 4. The third-order valence-corrected chi connectivity index (χ3v) is 2.26. The van der Waals surface area contributed by atoms with E-state index in [1.54, 1.807) is 11.4 Å². The third kappa shape index (κ3) is 1.94. The highest BCUT2D eigenvalue weighted by atomic mass is 32.1. The average Bonchev–Trinajstić information content (AvgIpc) is 2.87. The summed E-state index contributed by atoms with van der Waals surface area (Å²) >= 11 is 1.48. The van der Waals surface area contributed by atoms with Crippen molar-refractivity contribution in [2.24, 2.45) is 0 Å². The molecular weight excluding hydrogens is 202 g/mol. The predicted octanol–water partition coefficient (Wildman–Crippen LogP) is 0.191. The van der Waals surface area contributed by atoms with Crippen molar-refractivity contribution in [2.45, 2.75) is 6.54 Å². The molecule has 0 saturated carbocycles. The van der Waals surface area contributed by atoms with Crippen LogP contribution in [0.15, 0.2) is 16.8 Å². The van der Waals surface area contributed by atoms with Crippen LogP contribution in [-0.4, -0.2) is 26.5 Å². The average molecular weight is 209 g/mol. The molecule has 2 N–H and O–H groups in total.